The summed E-state index contributed by atoms with van der Waals surface area (Å²) in [4.78, 5) is 41.6. The number of benzene rings is 1. The minimum atomic E-state index is -1.42. The van der Waals surface area contributed by atoms with Gasteiger partial charge in [0.2, 0.25) is 5.89 Å². The average Bonchev–Trinajstić information content (AvgIpc) is 3.28. The van der Waals surface area contributed by atoms with E-state index in [4.69, 9.17) is 10.2 Å². The van der Waals surface area contributed by atoms with Gasteiger partial charge in [-0.15, -0.1) is 0 Å². The van der Waals surface area contributed by atoms with Crippen LogP contribution >= 0.6 is 0 Å². The molecular formula is C23H20N2O8. The standard InChI is InChI=1S/C23H20N2O8/c1-7-8-2-3-9(23-25-4-5-33-23)17(27)13(8)20(30)16-12(7)18(28)10-6-11(26)15(22(24)32)19(29)14(10)21(16)31/h2-5,7,10,12,14,18,27-30H,6H2,1H3,(H2,24,32)/t7-,10?,12+,14-,18+/m0/s1. The van der Waals surface area contributed by atoms with Crippen LogP contribution in [0.25, 0.3) is 17.2 Å². The molecule has 1 saturated carbocycles. The molecule has 170 valence electrons. The molecule has 2 aromatic rings. The SMILES string of the molecule is C[C@H]1c2ccc(-c3ncco3)c(O)c2C(O)=C2C(=O)[C@@H]3C(O)=C(C(N)=O)C(=O)CC3[C@@H](O)[C@@H]21. The van der Waals surface area contributed by atoms with E-state index in [1.165, 1.54) is 12.5 Å². The number of hydrogen-bond acceptors (Lipinski definition) is 9. The monoisotopic (exact) mass is 452 g/mol. The summed E-state index contributed by atoms with van der Waals surface area (Å²) >= 11 is 0. The summed E-state index contributed by atoms with van der Waals surface area (Å²) in [5.74, 6) is -8.09. The van der Waals surface area contributed by atoms with Gasteiger partial charge in [-0.2, -0.15) is 0 Å². The van der Waals surface area contributed by atoms with Crippen LogP contribution in [0.4, 0.5) is 0 Å². The Labute approximate surface area is 186 Å². The first-order chi connectivity index (χ1) is 15.6. The van der Waals surface area contributed by atoms with Gasteiger partial charge in [-0.25, -0.2) is 4.98 Å². The molecule has 3 aliphatic carbocycles. The largest absolute Gasteiger partial charge is 0.511 e. The van der Waals surface area contributed by atoms with Gasteiger partial charge in [0.15, 0.2) is 11.6 Å². The van der Waals surface area contributed by atoms with E-state index in [9.17, 15) is 34.8 Å². The second-order valence-corrected chi connectivity index (χ2v) is 8.59. The fourth-order valence-electron chi connectivity index (χ4n) is 5.52. The van der Waals surface area contributed by atoms with Gasteiger partial charge in [0.25, 0.3) is 5.91 Å². The predicted octanol–water partition coefficient (Wildman–Crippen LogP) is 1.50. The number of hydrogen-bond donors (Lipinski definition) is 5. The van der Waals surface area contributed by atoms with Gasteiger partial charge < -0.3 is 30.6 Å². The molecule has 1 aromatic carbocycles. The second kappa shape index (κ2) is 7.04. The molecule has 33 heavy (non-hydrogen) atoms. The first-order valence-electron chi connectivity index (χ1n) is 10.3. The number of aromatic hydroxyl groups is 1. The number of phenols is 1. The molecule has 0 bridgehead atoms. The van der Waals surface area contributed by atoms with Crippen LogP contribution < -0.4 is 5.73 Å². The fraction of sp³-hybridized carbons (Fsp3) is 0.304. The lowest BCUT2D eigenvalue weighted by molar-refractivity contribution is -0.133. The Hall–Kier alpha value is -3.92. The van der Waals surface area contributed by atoms with Gasteiger partial charge in [-0.3, -0.25) is 14.4 Å². The summed E-state index contributed by atoms with van der Waals surface area (Å²) in [5.41, 5.74) is 5.03. The van der Waals surface area contributed by atoms with Gasteiger partial charge in [-0.1, -0.05) is 13.0 Å². The van der Waals surface area contributed by atoms with E-state index in [2.05, 4.69) is 4.98 Å². The number of allylic oxidation sites excluding steroid dienone is 1. The number of nitrogens with zero attached hydrogens (tertiary/aromatic N) is 1. The first kappa shape index (κ1) is 21.0. The highest BCUT2D eigenvalue weighted by Crippen LogP contribution is 2.55. The number of rotatable bonds is 2. The Morgan fingerprint density at radius 2 is 1.94 bits per heavy atom. The molecule has 10 nitrogen and oxygen atoms in total. The van der Waals surface area contributed by atoms with E-state index in [0.29, 0.717) is 5.56 Å². The van der Waals surface area contributed by atoms with Gasteiger partial charge in [0.05, 0.1) is 29.3 Å². The molecule has 1 unspecified atom stereocenters. The number of Topliss-reactive ketones (excluding diaryl/α,β-unsaturated/α-hetero) is 2. The lowest BCUT2D eigenvalue weighted by atomic mass is 9.57. The molecule has 1 aromatic heterocycles. The smallest absolute Gasteiger partial charge is 0.255 e. The highest BCUT2D eigenvalue weighted by atomic mass is 16.3. The molecule has 6 N–H and O–H groups in total. The quantitative estimate of drug-likeness (QED) is 0.421. The first-order valence-corrected chi connectivity index (χ1v) is 10.3. The number of aliphatic hydroxyl groups is 3. The number of aliphatic hydroxyl groups excluding tert-OH is 3. The zero-order valence-corrected chi connectivity index (χ0v) is 17.3. The number of fused-ring (bicyclic) bond motifs is 3. The zero-order valence-electron chi connectivity index (χ0n) is 17.3. The van der Waals surface area contributed by atoms with Crippen molar-refractivity contribution in [3.63, 3.8) is 0 Å². The number of carbonyl (C=O) groups excluding carboxylic acids is 3. The summed E-state index contributed by atoms with van der Waals surface area (Å²) in [7, 11) is 0. The molecule has 0 saturated heterocycles. The summed E-state index contributed by atoms with van der Waals surface area (Å²) in [5, 5.41) is 43.9. The molecule has 0 aliphatic heterocycles. The summed E-state index contributed by atoms with van der Waals surface area (Å²) in [6.07, 6.45) is 1.07. The highest BCUT2D eigenvalue weighted by Gasteiger charge is 2.56. The molecule has 0 spiro atoms. The molecule has 5 atom stereocenters. The van der Waals surface area contributed by atoms with Crippen molar-refractivity contribution in [2.24, 2.45) is 23.5 Å². The minimum absolute atomic E-state index is 0.00562. The van der Waals surface area contributed by atoms with E-state index >= 15 is 0 Å². The van der Waals surface area contributed by atoms with Crippen molar-refractivity contribution in [2.75, 3.05) is 0 Å². The molecule has 0 radical (unpaired) electrons. The number of carbonyl (C=O) groups is 3. The molecular weight excluding hydrogens is 432 g/mol. The van der Waals surface area contributed by atoms with Crippen molar-refractivity contribution in [3.05, 3.63) is 52.6 Å². The highest BCUT2D eigenvalue weighted by molar-refractivity contribution is 6.21. The van der Waals surface area contributed by atoms with E-state index in [1.807, 2.05) is 0 Å². The minimum Gasteiger partial charge on any atom is -0.511 e. The van der Waals surface area contributed by atoms with Crippen molar-refractivity contribution in [2.45, 2.75) is 25.4 Å². The number of amides is 1. The van der Waals surface area contributed by atoms with Crippen LogP contribution in [0.15, 0.2) is 45.9 Å². The Balaban J connectivity index is 1.73. The molecule has 1 amide bonds. The topological polar surface area (TPSA) is 184 Å². The molecule has 10 heteroatoms. The third kappa shape index (κ3) is 2.70. The van der Waals surface area contributed by atoms with Crippen LogP contribution in [-0.4, -0.2) is 49.0 Å². The van der Waals surface area contributed by atoms with E-state index < -0.39 is 64.3 Å². The lowest BCUT2D eigenvalue weighted by Gasteiger charge is -2.46. The third-order valence-corrected chi connectivity index (χ3v) is 7.01. The van der Waals surface area contributed by atoms with Gasteiger partial charge in [0, 0.05) is 23.8 Å². The molecule has 1 heterocycles. The Morgan fingerprint density at radius 3 is 2.58 bits per heavy atom. The zero-order chi connectivity index (χ0) is 23.8. The van der Waals surface area contributed by atoms with Crippen molar-refractivity contribution >= 4 is 23.2 Å². The van der Waals surface area contributed by atoms with Crippen LogP contribution in [0.2, 0.25) is 0 Å². The maximum atomic E-state index is 13.5. The number of nitrogens with two attached hydrogens (primary N) is 1. The van der Waals surface area contributed by atoms with E-state index in [-0.39, 0.29) is 34.8 Å². The Bertz CT molecular complexity index is 1290. The fourth-order valence-corrected chi connectivity index (χ4v) is 5.52. The Kier molecular flexibility index (Phi) is 4.47. The van der Waals surface area contributed by atoms with Crippen molar-refractivity contribution in [1.29, 1.82) is 0 Å². The van der Waals surface area contributed by atoms with E-state index in [1.54, 1.807) is 19.1 Å². The van der Waals surface area contributed by atoms with Crippen LogP contribution in [0.1, 0.15) is 30.4 Å². The molecule has 5 rings (SSSR count). The number of aromatic nitrogens is 1. The summed E-state index contributed by atoms with van der Waals surface area (Å²) in [6, 6.07) is 3.20. The molecule has 3 aliphatic rings. The summed E-state index contributed by atoms with van der Waals surface area (Å²) in [6.45, 7) is 1.73. The lowest BCUT2D eigenvalue weighted by Crippen LogP contribution is -2.52. The van der Waals surface area contributed by atoms with Crippen LogP contribution in [0, 0.1) is 17.8 Å². The van der Waals surface area contributed by atoms with Gasteiger partial charge in [0.1, 0.15) is 29.1 Å². The number of phenolic OH excluding ortho intramolecular Hbond substituents is 1. The summed E-state index contributed by atoms with van der Waals surface area (Å²) < 4.78 is 5.24. The van der Waals surface area contributed by atoms with Crippen LogP contribution in [-0.2, 0) is 14.4 Å². The van der Waals surface area contributed by atoms with Crippen LogP contribution in [0.5, 0.6) is 5.75 Å². The van der Waals surface area contributed by atoms with Crippen molar-refractivity contribution in [1.82, 2.24) is 4.98 Å². The maximum absolute atomic E-state index is 13.5. The van der Waals surface area contributed by atoms with Gasteiger partial charge in [-0.05, 0) is 17.5 Å². The van der Waals surface area contributed by atoms with Crippen molar-refractivity contribution in [3.8, 4) is 17.2 Å². The average molecular weight is 452 g/mol. The molecule has 1 fully saturated rings. The normalized spacial score (nSPS) is 29.0. The number of ketones is 2. The van der Waals surface area contributed by atoms with E-state index in [0.717, 1.165) is 0 Å². The second-order valence-electron chi connectivity index (χ2n) is 8.59. The third-order valence-electron chi connectivity index (χ3n) is 7.01. The van der Waals surface area contributed by atoms with Crippen LogP contribution in [0.3, 0.4) is 0 Å². The predicted molar refractivity (Wildman–Crippen MR) is 112 cm³/mol. The maximum Gasteiger partial charge on any atom is 0.255 e. The van der Waals surface area contributed by atoms with Gasteiger partial charge >= 0.3 is 0 Å². The van der Waals surface area contributed by atoms with Crippen molar-refractivity contribution < 1.29 is 39.2 Å². The number of oxazole rings is 1. The Morgan fingerprint density at radius 1 is 1.21 bits per heavy atom. The number of primary amides is 1.